The topological polar surface area (TPSA) is 20.2 Å². The molecular formula is C11H11BrF2O. The van der Waals surface area contributed by atoms with Crippen LogP contribution in [0.1, 0.15) is 18.4 Å². The Labute approximate surface area is 95.2 Å². The molecule has 1 unspecified atom stereocenters. The Hall–Kier alpha value is -0.480. The van der Waals surface area contributed by atoms with Gasteiger partial charge in [-0.1, -0.05) is 30.3 Å². The minimum absolute atomic E-state index is 0.273. The van der Waals surface area contributed by atoms with Crippen molar-refractivity contribution >= 4 is 15.9 Å². The summed E-state index contributed by atoms with van der Waals surface area (Å²) in [6.45, 7) is 0. The van der Waals surface area contributed by atoms with Crippen LogP contribution in [0.25, 0.3) is 0 Å². The average Bonchev–Trinajstić information content (AvgIpc) is 2.99. The summed E-state index contributed by atoms with van der Waals surface area (Å²) in [5.41, 5.74) is -1.80. The van der Waals surface area contributed by atoms with Gasteiger partial charge in [-0.2, -0.15) is 8.78 Å². The largest absolute Gasteiger partial charge is 0.378 e. The molecule has 1 nitrogen and oxygen atoms in total. The van der Waals surface area contributed by atoms with Gasteiger partial charge < -0.3 is 5.11 Å². The molecule has 1 fully saturated rings. The summed E-state index contributed by atoms with van der Waals surface area (Å²) in [7, 11) is 0. The Kier molecular flexibility index (Phi) is 2.59. The van der Waals surface area contributed by atoms with Crippen LogP contribution in [0.2, 0.25) is 0 Å². The molecule has 2 rings (SSSR count). The van der Waals surface area contributed by atoms with Gasteiger partial charge in [-0.15, -0.1) is 0 Å². The van der Waals surface area contributed by atoms with E-state index in [-0.39, 0.29) is 11.5 Å². The third-order valence-corrected chi connectivity index (χ3v) is 3.42. The maximum Gasteiger partial charge on any atom is 0.333 e. The molecule has 1 aromatic carbocycles. The third kappa shape index (κ3) is 1.81. The van der Waals surface area contributed by atoms with Crippen molar-refractivity contribution in [3.63, 3.8) is 0 Å². The zero-order valence-corrected chi connectivity index (χ0v) is 9.55. The SMILES string of the molecule is OC(c1ccccc1)(C1CC1)C(F)(F)Br. The molecule has 1 aromatic rings. The maximum atomic E-state index is 13.4. The molecule has 0 spiro atoms. The normalized spacial score (nSPS) is 21.1. The van der Waals surface area contributed by atoms with Gasteiger partial charge in [0.1, 0.15) is 0 Å². The van der Waals surface area contributed by atoms with Crippen LogP contribution in [-0.2, 0) is 5.60 Å². The molecule has 1 N–H and O–H groups in total. The Morgan fingerprint density at radius 1 is 1.20 bits per heavy atom. The predicted octanol–water partition coefficient (Wildman–Crippen LogP) is 3.27. The Morgan fingerprint density at radius 2 is 1.73 bits per heavy atom. The lowest BCUT2D eigenvalue weighted by molar-refractivity contribution is -0.136. The van der Waals surface area contributed by atoms with Crippen LogP contribution in [0.5, 0.6) is 0 Å². The van der Waals surface area contributed by atoms with E-state index in [2.05, 4.69) is 15.9 Å². The fraction of sp³-hybridized carbons (Fsp3) is 0.455. The van der Waals surface area contributed by atoms with Crippen molar-refractivity contribution in [1.82, 2.24) is 0 Å². The van der Waals surface area contributed by atoms with Gasteiger partial charge in [0.2, 0.25) is 0 Å². The van der Waals surface area contributed by atoms with Crippen LogP contribution in [0, 0.1) is 5.92 Å². The summed E-state index contributed by atoms with van der Waals surface area (Å²) in [5.74, 6) is -0.353. The second-order valence-corrected chi connectivity index (χ2v) is 4.90. The highest BCUT2D eigenvalue weighted by Gasteiger charge is 2.60. The lowest BCUT2D eigenvalue weighted by atomic mass is 9.89. The summed E-state index contributed by atoms with van der Waals surface area (Å²) in [5, 5.41) is 10.2. The van der Waals surface area contributed by atoms with Gasteiger partial charge in [-0.3, -0.25) is 0 Å². The van der Waals surface area contributed by atoms with Crippen LogP contribution in [0.15, 0.2) is 30.3 Å². The van der Waals surface area contributed by atoms with E-state index in [4.69, 9.17) is 0 Å². The Balaban J connectivity index is 2.44. The zero-order valence-electron chi connectivity index (χ0n) is 7.96. The smallest absolute Gasteiger partial charge is 0.333 e. The molecule has 15 heavy (non-hydrogen) atoms. The molecule has 1 aliphatic carbocycles. The Morgan fingerprint density at radius 3 is 2.13 bits per heavy atom. The van der Waals surface area contributed by atoms with E-state index in [0.717, 1.165) is 0 Å². The van der Waals surface area contributed by atoms with Gasteiger partial charge in [-0.25, -0.2) is 0 Å². The minimum Gasteiger partial charge on any atom is -0.378 e. The van der Waals surface area contributed by atoms with Gasteiger partial charge in [0, 0.05) is 0 Å². The fourth-order valence-corrected chi connectivity index (χ4v) is 2.38. The highest BCUT2D eigenvalue weighted by molar-refractivity contribution is 9.10. The number of rotatable bonds is 3. The van der Waals surface area contributed by atoms with E-state index in [1.807, 2.05) is 0 Å². The molecule has 0 saturated heterocycles. The lowest BCUT2D eigenvalue weighted by Crippen LogP contribution is -2.43. The van der Waals surface area contributed by atoms with Crippen molar-refractivity contribution in [3.8, 4) is 0 Å². The molecule has 4 heteroatoms. The summed E-state index contributed by atoms with van der Waals surface area (Å²) >= 11 is 2.30. The van der Waals surface area contributed by atoms with Gasteiger partial charge in [0.15, 0.2) is 5.60 Å². The fourth-order valence-electron chi connectivity index (χ4n) is 1.82. The standard InChI is InChI=1S/C11H11BrF2O/c12-11(13,14)10(15,9-6-7-9)8-4-2-1-3-5-8/h1-5,9,15H,6-7H2. The quantitative estimate of drug-likeness (QED) is 0.841. The van der Waals surface area contributed by atoms with Crippen molar-refractivity contribution in [2.24, 2.45) is 5.92 Å². The van der Waals surface area contributed by atoms with Gasteiger partial charge in [0.25, 0.3) is 0 Å². The molecule has 1 aliphatic rings. The van der Waals surface area contributed by atoms with Crippen LogP contribution < -0.4 is 0 Å². The van der Waals surface area contributed by atoms with E-state index < -0.39 is 10.4 Å². The zero-order chi connectivity index (χ0) is 11.1. The summed E-state index contributed by atoms with van der Waals surface area (Å²) in [6.07, 6.45) is 1.29. The van der Waals surface area contributed by atoms with Crippen molar-refractivity contribution in [2.75, 3.05) is 0 Å². The van der Waals surface area contributed by atoms with Crippen LogP contribution in [-0.4, -0.2) is 9.94 Å². The highest BCUT2D eigenvalue weighted by atomic mass is 79.9. The van der Waals surface area contributed by atoms with Crippen molar-refractivity contribution < 1.29 is 13.9 Å². The minimum atomic E-state index is -3.29. The van der Waals surface area contributed by atoms with Crippen molar-refractivity contribution in [1.29, 1.82) is 0 Å². The second-order valence-electron chi connectivity index (χ2n) is 3.90. The molecular weight excluding hydrogens is 266 g/mol. The third-order valence-electron chi connectivity index (χ3n) is 2.81. The van der Waals surface area contributed by atoms with Gasteiger partial charge in [0.05, 0.1) is 0 Å². The first-order valence-electron chi connectivity index (χ1n) is 4.81. The van der Waals surface area contributed by atoms with E-state index in [1.54, 1.807) is 18.2 Å². The number of alkyl halides is 3. The molecule has 0 radical (unpaired) electrons. The van der Waals surface area contributed by atoms with Crippen molar-refractivity contribution in [3.05, 3.63) is 35.9 Å². The molecule has 0 bridgehead atoms. The molecule has 0 amide bonds. The van der Waals surface area contributed by atoms with E-state index in [9.17, 15) is 13.9 Å². The molecule has 82 valence electrons. The number of aliphatic hydroxyl groups is 1. The summed E-state index contributed by atoms with van der Waals surface area (Å²) in [4.78, 5) is -3.29. The van der Waals surface area contributed by atoms with Crippen LogP contribution in [0.3, 0.4) is 0 Å². The van der Waals surface area contributed by atoms with Crippen LogP contribution >= 0.6 is 15.9 Å². The average molecular weight is 277 g/mol. The first kappa shape index (κ1) is 11.0. The number of halogens is 3. The summed E-state index contributed by atoms with van der Waals surface area (Å²) < 4.78 is 26.8. The van der Waals surface area contributed by atoms with Crippen LogP contribution in [0.4, 0.5) is 8.78 Å². The molecule has 0 aromatic heterocycles. The van der Waals surface area contributed by atoms with Gasteiger partial charge >= 0.3 is 4.83 Å². The lowest BCUT2D eigenvalue weighted by Gasteiger charge is -2.33. The predicted molar refractivity (Wildman–Crippen MR) is 56.9 cm³/mol. The molecule has 1 saturated carbocycles. The van der Waals surface area contributed by atoms with Crippen molar-refractivity contribution in [2.45, 2.75) is 23.3 Å². The van der Waals surface area contributed by atoms with E-state index >= 15 is 0 Å². The first-order chi connectivity index (χ1) is 6.96. The summed E-state index contributed by atoms with van der Waals surface area (Å²) in [6, 6.07) is 8.12. The second kappa shape index (κ2) is 3.52. The molecule has 0 heterocycles. The molecule has 1 atom stereocenters. The van der Waals surface area contributed by atoms with E-state index in [0.29, 0.717) is 12.8 Å². The number of benzene rings is 1. The first-order valence-corrected chi connectivity index (χ1v) is 5.60. The van der Waals surface area contributed by atoms with Gasteiger partial charge in [-0.05, 0) is 40.3 Å². The highest BCUT2D eigenvalue weighted by Crippen LogP contribution is 2.55. The maximum absolute atomic E-state index is 13.4. The Bertz CT molecular complexity index is 345. The van der Waals surface area contributed by atoms with E-state index in [1.165, 1.54) is 12.1 Å². The molecule has 0 aliphatic heterocycles. The number of hydrogen-bond acceptors (Lipinski definition) is 1. The number of hydrogen-bond donors (Lipinski definition) is 1. The monoisotopic (exact) mass is 276 g/mol.